The topological polar surface area (TPSA) is 72.8 Å². The third-order valence-electron chi connectivity index (χ3n) is 5.11. The van der Waals surface area contributed by atoms with E-state index in [4.69, 9.17) is 9.47 Å². The molecule has 3 aliphatic rings. The Hall–Kier alpha value is -1.88. The Balaban J connectivity index is 2.08. The predicted octanol–water partition coefficient (Wildman–Crippen LogP) is 1.67. The van der Waals surface area contributed by atoms with Gasteiger partial charge in [0.2, 0.25) is 0 Å². The van der Waals surface area contributed by atoms with E-state index in [-0.39, 0.29) is 5.92 Å². The standard InChI is InChI=1S/C17H20O5/c1-8-5-6-17(20)9(2)7-12(21-11(4)18)13-10(3)16(19)22-15(13)14(8)17/h5,12-15,20H,2-3,6-7H2,1,4H3/t12-,13+,14+,15-,17+/m0/s1. The summed E-state index contributed by atoms with van der Waals surface area (Å²) in [5, 5.41) is 11.1. The molecule has 0 radical (unpaired) electrons. The Morgan fingerprint density at radius 3 is 2.82 bits per heavy atom. The second kappa shape index (κ2) is 4.81. The zero-order valence-electron chi connectivity index (χ0n) is 12.8. The zero-order chi connectivity index (χ0) is 16.2. The molecule has 1 heterocycles. The van der Waals surface area contributed by atoms with Crippen LogP contribution in [-0.2, 0) is 19.1 Å². The van der Waals surface area contributed by atoms with Crippen molar-refractivity contribution < 1.29 is 24.2 Å². The van der Waals surface area contributed by atoms with Crippen LogP contribution in [0.5, 0.6) is 0 Å². The fourth-order valence-electron chi connectivity index (χ4n) is 4.04. The van der Waals surface area contributed by atoms with Gasteiger partial charge >= 0.3 is 11.9 Å². The monoisotopic (exact) mass is 304 g/mol. The van der Waals surface area contributed by atoms with Crippen molar-refractivity contribution in [2.24, 2.45) is 11.8 Å². The van der Waals surface area contributed by atoms with Gasteiger partial charge in [-0.1, -0.05) is 24.8 Å². The van der Waals surface area contributed by atoms with Gasteiger partial charge in [-0.15, -0.1) is 0 Å². The molecule has 1 N–H and O–H groups in total. The summed E-state index contributed by atoms with van der Waals surface area (Å²) < 4.78 is 10.9. The van der Waals surface area contributed by atoms with Crippen LogP contribution in [0, 0.1) is 11.8 Å². The minimum absolute atomic E-state index is 0.296. The first-order chi connectivity index (χ1) is 10.3. The first-order valence-electron chi connectivity index (χ1n) is 7.40. The van der Waals surface area contributed by atoms with E-state index in [1.54, 1.807) is 0 Å². The summed E-state index contributed by atoms with van der Waals surface area (Å²) in [6, 6.07) is 0. The summed E-state index contributed by atoms with van der Waals surface area (Å²) >= 11 is 0. The molecule has 3 rings (SSSR count). The van der Waals surface area contributed by atoms with Crippen molar-refractivity contribution in [3.8, 4) is 0 Å². The Morgan fingerprint density at radius 2 is 2.18 bits per heavy atom. The van der Waals surface area contributed by atoms with Crippen molar-refractivity contribution in [2.45, 2.75) is 44.5 Å². The molecule has 0 amide bonds. The fraction of sp³-hybridized carbons (Fsp3) is 0.529. The average molecular weight is 304 g/mol. The van der Waals surface area contributed by atoms with Gasteiger partial charge in [0.1, 0.15) is 12.2 Å². The number of carbonyl (C=O) groups excluding carboxylic acids is 2. The number of ether oxygens (including phenoxy) is 2. The summed E-state index contributed by atoms with van der Waals surface area (Å²) in [4.78, 5) is 23.4. The third-order valence-corrected chi connectivity index (χ3v) is 5.11. The number of esters is 2. The van der Waals surface area contributed by atoms with E-state index in [2.05, 4.69) is 13.2 Å². The molecule has 0 unspecified atom stereocenters. The summed E-state index contributed by atoms with van der Waals surface area (Å²) in [6.45, 7) is 11.1. The molecule has 0 spiro atoms. The lowest BCUT2D eigenvalue weighted by Gasteiger charge is -2.34. The lowest BCUT2D eigenvalue weighted by molar-refractivity contribution is -0.150. The molecule has 0 aromatic rings. The van der Waals surface area contributed by atoms with Crippen molar-refractivity contribution in [1.29, 1.82) is 0 Å². The van der Waals surface area contributed by atoms with Gasteiger partial charge in [0.25, 0.3) is 0 Å². The van der Waals surface area contributed by atoms with E-state index in [9.17, 15) is 14.7 Å². The molecule has 0 aromatic heterocycles. The van der Waals surface area contributed by atoms with E-state index in [0.717, 1.165) is 5.57 Å². The highest BCUT2D eigenvalue weighted by Crippen LogP contribution is 2.52. The summed E-state index contributed by atoms with van der Waals surface area (Å²) in [5.74, 6) is -1.74. The second-order valence-electron chi connectivity index (χ2n) is 6.43. The van der Waals surface area contributed by atoms with Crippen molar-refractivity contribution >= 4 is 11.9 Å². The number of hydrogen-bond donors (Lipinski definition) is 1. The maximum Gasteiger partial charge on any atom is 0.334 e. The first-order valence-corrected chi connectivity index (χ1v) is 7.40. The molecular formula is C17H20O5. The smallest absolute Gasteiger partial charge is 0.334 e. The van der Waals surface area contributed by atoms with E-state index >= 15 is 0 Å². The third kappa shape index (κ3) is 1.96. The second-order valence-corrected chi connectivity index (χ2v) is 6.43. The molecule has 22 heavy (non-hydrogen) atoms. The van der Waals surface area contributed by atoms with Gasteiger partial charge in [0, 0.05) is 18.9 Å². The molecule has 1 saturated carbocycles. The minimum atomic E-state index is -1.16. The van der Waals surface area contributed by atoms with Crippen LogP contribution < -0.4 is 0 Å². The highest BCUT2D eigenvalue weighted by Gasteiger charge is 2.59. The Kier molecular flexibility index (Phi) is 3.29. The summed E-state index contributed by atoms with van der Waals surface area (Å²) in [5.41, 5.74) is 0.708. The molecule has 5 heteroatoms. The first kappa shape index (κ1) is 15.0. The largest absolute Gasteiger partial charge is 0.461 e. The fourth-order valence-corrected chi connectivity index (χ4v) is 4.04. The van der Waals surface area contributed by atoms with Gasteiger partial charge in [-0.3, -0.25) is 4.79 Å². The van der Waals surface area contributed by atoms with E-state index < -0.39 is 35.7 Å². The molecule has 5 nitrogen and oxygen atoms in total. The number of carbonyl (C=O) groups is 2. The maximum atomic E-state index is 12.0. The van der Waals surface area contributed by atoms with Gasteiger partial charge in [-0.05, 0) is 18.9 Å². The molecular weight excluding hydrogens is 284 g/mol. The van der Waals surface area contributed by atoms with Crippen molar-refractivity contribution in [3.63, 3.8) is 0 Å². The lowest BCUT2D eigenvalue weighted by atomic mass is 9.77. The van der Waals surface area contributed by atoms with Gasteiger partial charge in [0.05, 0.1) is 17.4 Å². The number of hydrogen-bond acceptors (Lipinski definition) is 5. The molecule has 2 aliphatic carbocycles. The van der Waals surface area contributed by atoms with Crippen LogP contribution in [0.2, 0.25) is 0 Å². The Labute approximate surface area is 129 Å². The van der Waals surface area contributed by atoms with Crippen LogP contribution in [0.1, 0.15) is 26.7 Å². The quantitative estimate of drug-likeness (QED) is 0.453. The highest BCUT2D eigenvalue weighted by molar-refractivity contribution is 5.91. The molecule has 1 saturated heterocycles. The van der Waals surface area contributed by atoms with E-state index in [1.807, 2.05) is 13.0 Å². The van der Waals surface area contributed by atoms with Crippen LogP contribution in [0.4, 0.5) is 0 Å². The number of aliphatic hydroxyl groups is 1. The molecule has 0 bridgehead atoms. The van der Waals surface area contributed by atoms with Crippen molar-refractivity contribution in [1.82, 2.24) is 0 Å². The SMILES string of the molecule is C=C1C(=O)O[C@H]2[C@H]1[C@@H](OC(C)=O)CC(=C)[C@]1(O)CC=C(C)[C@H]21. The Bertz CT molecular complexity index is 617. The Morgan fingerprint density at radius 1 is 1.50 bits per heavy atom. The van der Waals surface area contributed by atoms with Gasteiger partial charge < -0.3 is 14.6 Å². The zero-order valence-corrected chi connectivity index (χ0v) is 12.8. The average Bonchev–Trinajstić information content (AvgIpc) is 2.84. The van der Waals surface area contributed by atoms with Gasteiger partial charge in [-0.2, -0.15) is 0 Å². The minimum Gasteiger partial charge on any atom is -0.461 e. The number of rotatable bonds is 1. The molecule has 1 aliphatic heterocycles. The van der Waals surface area contributed by atoms with Crippen LogP contribution in [0.25, 0.3) is 0 Å². The molecule has 2 fully saturated rings. The van der Waals surface area contributed by atoms with Crippen LogP contribution in [0.15, 0.2) is 36.0 Å². The predicted molar refractivity (Wildman–Crippen MR) is 78.6 cm³/mol. The van der Waals surface area contributed by atoms with E-state index in [0.29, 0.717) is 24.0 Å². The molecule has 5 atom stereocenters. The number of fused-ring (bicyclic) bond motifs is 3. The highest BCUT2D eigenvalue weighted by atomic mass is 16.6. The molecule has 118 valence electrons. The van der Waals surface area contributed by atoms with E-state index in [1.165, 1.54) is 6.92 Å². The van der Waals surface area contributed by atoms with Crippen LogP contribution >= 0.6 is 0 Å². The van der Waals surface area contributed by atoms with Crippen molar-refractivity contribution in [3.05, 3.63) is 36.0 Å². The van der Waals surface area contributed by atoms with Crippen LogP contribution in [0.3, 0.4) is 0 Å². The van der Waals surface area contributed by atoms with Gasteiger partial charge in [0.15, 0.2) is 0 Å². The summed E-state index contributed by atoms with van der Waals surface area (Å²) in [7, 11) is 0. The normalized spacial score (nSPS) is 40.5. The van der Waals surface area contributed by atoms with Crippen LogP contribution in [-0.4, -0.2) is 34.9 Å². The lowest BCUT2D eigenvalue weighted by Crippen LogP contribution is -2.43. The maximum absolute atomic E-state index is 12.0. The van der Waals surface area contributed by atoms with Gasteiger partial charge in [-0.25, -0.2) is 4.79 Å². The van der Waals surface area contributed by atoms with Crippen molar-refractivity contribution in [2.75, 3.05) is 0 Å². The molecule has 0 aromatic carbocycles. The summed E-state index contributed by atoms with van der Waals surface area (Å²) in [6.07, 6.45) is 1.52.